The van der Waals surface area contributed by atoms with Gasteiger partial charge in [-0.3, -0.25) is 11.3 Å². The van der Waals surface area contributed by atoms with Gasteiger partial charge in [0.1, 0.15) is 11.6 Å². The Bertz CT molecular complexity index is 558. The van der Waals surface area contributed by atoms with Crippen LogP contribution in [0.3, 0.4) is 0 Å². The predicted octanol–water partition coefficient (Wildman–Crippen LogP) is 2.60. The number of imidazole rings is 1. The minimum absolute atomic E-state index is 0.0487. The molecule has 0 aliphatic rings. The Kier molecular flexibility index (Phi) is 6.22. The van der Waals surface area contributed by atoms with Gasteiger partial charge in [0.25, 0.3) is 0 Å². The smallest absolute Gasteiger partial charge is 0.136 e. The summed E-state index contributed by atoms with van der Waals surface area (Å²) in [5, 5.41) is 0. The van der Waals surface area contributed by atoms with E-state index in [1.807, 2.05) is 18.5 Å². The molecule has 0 aliphatic carbocycles. The Morgan fingerprint density at radius 3 is 2.95 bits per heavy atom. The molecule has 1 aromatic carbocycles. The molecule has 0 radical (unpaired) electrons. The molecule has 114 valence electrons. The Morgan fingerprint density at radius 2 is 2.24 bits per heavy atom. The van der Waals surface area contributed by atoms with Crippen molar-refractivity contribution in [3.8, 4) is 0 Å². The standard InChI is InChI=1S/C15H21FN4S/c1-2-8-20-9-7-18-15(20)10-12(19-17)11-21-14-6-4-3-5-13(14)16/h3-7,9,12,19H,2,8,10-11,17H2,1H3. The molecule has 21 heavy (non-hydrogen) atoms. The van der Waals surface area contributed by atoms with Gasteiger partial charge in [0, 0.05) is 42.0 Å². The molecule has 1 aromatic heterocycles. The van der Waals surface area contributed by atoms with Gasteiger partial charge in [0.2, 0.25) is 0 Å². The zero-order valence-corrected chi connectivity index (χ0v) is 12.9. The van der Waals surface area contributed by atoms with E-state index < -0.39 is 0 Å². The topological polar surface area (TPSA) is 55.9 Å². The molecule has 0 bridgehead atoms. The first kappa shape index (κ1) is 16.0. The van der Waals surface area contributed by atoms with Crippen molar-refractivity contribution in [2.75, 3.05) is 5.75 Å². The first-order chi connectivity index (χ1) is 10.2. The summed E-state index contributed by atoms with van der Waals surface area (Å²) >= 11 is 1.47. The normalized spacial score (nSPS) is 12.5. The fourth-order valence-electron chi connectivity index (χ4n) is 2.11. The van der Waals surface area contributed by atoms with Crippen LogP contribution in [0.25, 0.3) is 0 Å². The molecule has 0 saturated heterocycles. The SMILES string of the molecule is CCCn1ccnc1CC(CSc1ccccc1F)NN. The second-order valence-electron chi connectivity index (χ2n) is 4.85. The van der Waals surface area contributed by atoms with E-state index in [1.165, 1.54) is 17.8 Å². The van der Waals surface area contributed by atoms with Crippen molar-refractivity contribution in [3.63, 3.8) is 0 Å². The van der Waals surface area contributed by atoms with E-state index in [0.717, 1.165) is 25.2 Å². The van der Waals surface area contributed by atoms with Crippen molar-refractivity contribution in [2.45, 2.75) is 37.2 Å². The van der Waals surface area contributed by atoms with Crippen LogP contribution in [0.4, 0.5) is 4.39 Å². The summed E-state index contributed by atoms with van der Waals surface area (Å²) in [5.74, 6) is 7.13. The Balaban J connectivity index is 1.94. The van der Waals surface area contributed by atoms with Gasteiger partial charge in [0.05, 0.1) is 0 Å². The van der Waals surface area contributed by atoms with Gasteiger partial charge < -0.3 is 4.57 Å². The van der Waals surface area contributed by atoms with E-state index >= 15 is 0 Å². The van der Waals surface area contributed by atoms with Crippen molar-refractivity contribution < 1.29 is 4.39 Å². The minimum Gasteiger partial charge on any atom is -0.335 e. The summed E-state index contributed by atoms with van der Waals surface area (Å²) in [6, 6.07) is 6.84. The molecular weight excluding hydrogens is 287 g/mol. The van der Waals surface area contributed by atoms with Crippen LogP contribution < -0.4 is 11.3 Å². The molecular formula is C15H21FN4S. The van der Waals surface area contributed by atoms with Crippen LogP contribution in [-0.4, -0.2) is 21.3 Å². The number of aryl methyl sites for hydroxylation is 1. The fraction of sp³-hybridized carbons (Fsp3) is 0.400. The lowest BCUT2D eigenvalue weighted by atomic mass is 10.2. The molecule has 3 N–H and O–H groups in total. The molecule has 0 amide bonds. The second kappa shape index (κ2) is 8.17. The highest BCUT2D eigenvalue weighted by atomic mass is 32.2. The van der Waals surface area contributed by atoms with Gasteiger partial charge in [-0.25, -0.2) is 9.37 Å². The number of nitrogens with one attached hydrogen (secondary N) is 1. The van der Waals surface area contributed by atoms with Crippen molar-refractivity contribution in [1.29, 1.82) is 0 Å². The minimum atomic E-state index is -0.189. The third-order valence-electron chi connectivity index (χ3n) is 3.21. The summed E-state index contributed by atoms with van der Waals surface area (Å²) in [4.78, 5) is 5.03. The van der Waals surface area contributed by atoms with Crippen molar-refractivity contribution in [1.82, 2.24) is 15.0 Å². The number of thioether (sulfide) groups is 1. The van der Waals surface area contributed by atoms with Crippen LogP contribution >= 0.6 is 11.8 Å². The third kappa shape index (κ3) is 4.56. The lowest BCUT2D eigenvalue weighted by Crippen LogP contribution is -2.39. The number of hydrogen-bond acceptors (Lipinski definition) is 4. The van der Waals surface area contributed by atoms with Crippen molar-refractivity contribution >= 4 is 11.8 Å². The van der Waals surface area contributed by atoms with Crippen LogP contribution in [0.2, 0.25) is 0 Å². The highest BCUT2D eigenvalue weighted by Crippen LogP contribution is 2.22. The number of rotatable bonds is 8. The van der Waals surface area contributed by atoms with Crippen LogP contribution in [0.5, 0.6) is 0 Å². The Hall–Kier alpha value is -1.37. The number of nitrogens with two attached hydrogens (primary N) is 1. The van der Waals surface area contributed by atoms with E-state index in [9.17, 15) is 4.39 Å². The van der Waals surface area contributed by atoms with Crippen LogP contribution in [-0.2, 0) is 13.0 Å². The lowest BCUT2D eigenvalue weighted by molar-refractivity contribution is 0.535. The number of halogens is 1. The maximum absolute atomic E-state index is 13.6. The number of nitrogens with zero attached hydrogens (tertiary/aromatic N) is 2. The fourth-order valence-corrected chi connectivity index (χ4v) is 3.09. The van der Waals surface area contributed by atoms with Gasteiger partial charge in [-0.05, 0) is 18.6 Å². The van der Waals surface area contributed by atoms with E-state index in [2.05, 4.69) is 21.9 Å². The molecule has 2 rings (SSSR count). The average Bonchev–Trinajstić information content (AvgIpc) is 2.92. The Morgan fingerprint density at radius 1 is 1.43 bits per heavy atom. The molecule has 0 spiro atoms. The molecule has 4 nitrogen and oxygen atoms in total. The summed E-state index contributed by atoms with van der Waals surface area (Å²) in [5.41, 5.74) is 2.80. The maximum atomic E-state index is 13.6. The average molecular weight is 308 g/mol. The first-order valence-electron chi connectivity index (χ1n) is 7.08. The zero-order valence-electron chi connectivity index (χ0n) is 12.1. The molecule has 1 unspecified atom stereocenters. The number of aromatic nitrogens is 2. The largest absolute Gasteiger partial charge is 0.335 e. The summed E-state index contributed by atoms with van der Waals surface area (Å²) in [6.45, 7) is 3.09. The van der Waals surface area contributed by atoms with E-state index in [1.54, 1.807) is 12.1 Å². The summed E-state index contributed by atoms with van der Waals surface area (Å²) in [7, 11) is 0. The molecule has 1 heterocycles. The van der Waals surface area contributed by atoms with Gasteiger partial charge in [-0.1, -0.05) is 19.1 Å². The molecule has 0 fully saturated rings. The predicted molar refractivity (Wildman–Crippen MR) is 84.5 cm³/mol. The molecule has 2 aromatic rings. The highest BCUT2D eigenvalue weighted by molar-refractivity contribution is 7.99. The summed E-state index contributed by atoms with van der Waals surface area (Å²) < 4.78 is 15.7. The molecule has 1 atom stereocenters. The van der Waals surface area contributed by atoms with Crippen molar-refractivity contribution in [3.05, 3.63) is 48.3 Å². The Labute approximate surface area is 128 Å². The number of benzene rings is 1. The van der Waals surface area contributed by atoms with E-state index in [-0.39, 0.29) is 11.9 Å². The summed E-state index contributed by atoms with van der Waals surface area (Å²) in [6.07, 6.45) is 5.58. The molecule has 0 aliphatic heterocycles. The quantitative estimate of drug-likeness (QED) is 0.447. The number of hydrazine groups is 1. The first-order valence-corrected chi connectivity index (χ1v) is 8.06. The molecule has 0 saturated carbocycles. The van der Waals surface area contributed by atoms with Gasteiger partial charge >= 0.3 is 0 Å². The van der Waals surface area contributed by atoms with E-state index in [4.69, 9.17) is 5.84 Å². The van der Waals surface area contributed by atoms with Crippen LogP contribution in [0.15, 0.2) is 41.6 Å². The lowest BCUT2D eigenvalue weighted by Gasteiger charge is -2.16. The van der Waals surface area contributed by atoms with E-state index in [0.29, 0.717) is 10.6 Å². The monoisotopic (exact) mass is 308 g/mol. The van der Waals surface area contributed by atoms with Gasteiger partial charge in [-0.2, -0.15) is 0 Å². The molecule has 6 heteroatoms. The van der Waals surface area contributed by atoms with Crippen molar-refractivity contribution in [2.24, 2.45) is 5.84 Å². The van der Waals surface area contributed by atoms with Crippen LogP contribution in [0, 0.1) is 5.82 Å². The zero-order chi connectivity index (χ0) is 15.1. The van der Waals surface area contributed by atoms with Gasteiger partial charge in [-0.15, -0.1) is 11.8 Å². The second-order valence-corrected chi connectivity index (χ2v) is 5.91. The van der Waals surface area contributed by atoms with Crippen LogP contribution in [0.1, 0.15) is 19.2 Å². The van der Waals surface area contributed by atoms with Gasteiger partial charge in [0.15, 0.2) is 0 Å². The highest BCUT2D eigenvalue weighted by Gasteiger charge is 2.13. The maximum Gasteiger partial charge on any atom is 0.136 e. The number of hydrogen-bond donors (Lipinski definition) is 2. The third-order valence-corrected chi connectivity index (χ3v) is 4.42.